The second-order valence-corrected chi connectivity index (χ2v) is 5.72. The number of guanidine groups is 1. The van der Waals surface area contributed by atoms with Crippen molar-refractivity contribution in [1.82, 2.24) is 10.6 Å². The van der Waals surface area contributed by atoms with Crippen LogP contribution in [-0.2, 0) is 11.2 Å². The maximum Gasteiger partial charge on any atom is 0.191 e. The molecule has 0 fully saturated rings. The van der Waals surface area contributed by atoms with Gasteiger partial charge in [0.25, 0.3) is 0 Å². The molecule has 6 heteroatoms. The van der Waals surface area contributed by atoms with Crippen molar-refractivity contribution >= 4 is 29.9 Å². The van der Waals surface area contributed by atoms with Crippen LogP contribution in [0.15, 0.2) is 23.2 Å². The molecule has 23 heavy (non-hydrogen) atoms. The van der Waals surface area contributed by atoms with Crippen molar-refractivity contribution in [2.45, 2.75) is 27.2 Å². The summed E-state index contributed by atoms with van der Waals surface area (Å²) in [5.41, 5.74) is 2.12. The Balaban J connectivity index is 0.00000484. The average Bonchev–Trinajstić information content (AvgIpc) is 2.46. The molecule has 0 amide bonds. The molecule has 0 bridgehead atoms. The monoisotopic (exact) mass is 437 g/mol. The summed E-state index contributed by atoms with van der Waals surface area (Å²) in [5.74, 6) is 1.12. The number of rotatable bonds is 8. The highest BCUT2D eigenvalue weighted by Gasteiger charge is 2.02. The van der Waals surface area contributed by atoms with Crippen molar-refractivity contribution in [2.75, 3.05) is 33.4 Å². The van der Waals surface area contributed by atoms with Crippen molar-refractivity contribution in [2.24, 2.45) is 10.9 Å². The second kappa shape index (κ2) is 12.5. The molecule has 0 aromatic heterocycles. The fourth-order valence-electron chi connectivity index (χ4n) is 2.04. The lowest BCUT2D eigenvalue weighted by atomic mass is 10.1. The fraction of sp³-hybridized carbons (Fsp3) is 0.588. The Morgan fingerprint density at radius 3 is 2.57 bits per heavy atom. The molecule has 0 atom stereocenters. The van der Waals surface area contributed by atoms with Crippen LogP contribution in [0.25, 0.3) is 0 Å². The van der Waals surface area contributed by atoms with Gasteiger partial charge in [-0.25, -0.2) is 4.39 Å². The van der Waals surface area contributed by atoms with Crippen molar-refractivity contribution in [3.05, 3.63) is 35.1 Å². The Bertz CT molecular complexity index is 481. The first-order valence-electron chi connectivity index (χ1n) is 7.80. The summed E-state index contributed by atoms with van der Waals surface area (Å²) < 4.78 is 18.6. The molecule has 1 rings (SSSR count). The Kier molecular flexibility index (Phi) is 12.0. The van der Waals surface area contributed by atoms with E-state index in [1.165, 1.54) is 6.07 Å². The van der Waals surface area contributed by atoms with Gasteiger partial charge in [0, 0.05) is 26.7 Å². The zero-order chi connectivity index (χ0) is 16.4. The van der Waals surface area contributed by atoms with Crippen molar-refractivity contribution in [3.8, 4) is 0 Å². The van der Waals surface area contributed by atoms with Crippen LogP contribution in [-0.4, -0.2) is 39.3 Å². The van der Waals surface area contributed by atoms with Gasteiger partial charge in [-0.3, -0.25) is 4.99 Å². The van der Waals surface area contributed by atoms with E-state index >= 15 is 0 Å². The lowest BCUT2D eigenvalue weighted by Crippen LogP contribution is -2.40. The summed E-state index contributed by atoms with van der Waals surface area (Å²) >= 11 is 0. The molecule has 4 nitrogen and oxygen atoms in total. The number of ether oxygens (including phenoxy) is 1. The van der Waals surface area contributed by atoms with Crippen LogP contribution in [0.1, 0.15) is 25.0 Å². The first kappa shape index (κ1) is 22.1. The minimum Gasteiger partial charge on any atom is -0.379 e. The molecular weight excluding hydrogens is 408 g/mol. The maximum atomic E-state index is 13.0. The van der Waals surface area contributed by atoms with Gasteiger partial charge in [0.05, 0.1) is 6.61 Å². The Labute approximate surface area is 156 Å². The van der Waals surface area contributed by atoms with Gasteiger partial charge in [0.15, 0.2) is 5.96 Å². The molecule has 1 aromatic carbocycles. The molecule has 0 saturated carbocycles. The molecule has 132 valence electrons. The molecule has 0 aliphatic heterocycles. The van der Waals surface area contributed by atoms with Crippen LogP contribution in [0.5, 0.6) is 0 Å². The number of nitrogens with one attached hydrogen (secondary N) is 2. The smallest absolute Gasteiger partial charge is 0.191 e. The van der Waals surface area contributed by atoms with Gasteiger partial charge in [0.2, 0.25) is 0 Å². The zero-order valence-electron chi connectivity index (χ0n) is 14.5. The largest absolute Gasteiger partial charge is 0.379 e. The van der Waals surface area contributed by atoms with Gasteiger partial charge < -0.3 is 15.4 Å². The van der Waals surface area contributed by atoms with Crippen LogP contribution in [0, 0.1) is 18.7 Å². The average molecular weight is 437 g/mol. The van der Waals surface area contributed by atoms with Gasteiger partial charge in [-0.1, -0.05) is 19.9 Å². The summed E-state index contributed by atoms with van der Waals surface area (Å²) in [6.45, 7) is 9.10. The molecular formula is C17H29FIN3O. The van der Waals surface area contributed by atoms with E-state index in [0.29, 0.717) is 12.5 Å². The standard InChI is InChI=1S/C17H28FN3O.HI/c1-13(2)12-22-10-9-21-17(19-4)20-8-7-15-5-6-16(18)11-14(15)3;/h5-6,11,13H,7-10,12H2,1-4H3,(H2,19,20,21);1H. The summed E-state index contributed by atoms with van der Waals surface area (Å²) in [6, 6.07) is 4.90. The van der Waals surface area contributed by atoms with Gasteiger partial charge in [-0.05, 0) is 42.5 Å². The summed E-state index contributed by atoms with van der Waals surface area (Å²) in [4.78, 5) is 4.17. The highest BCUT2D eigenvalue weighted by molar-refractivity contribution is 14.0. The van der Waals surface area contributed by atoms with Crippen molar-refractivity contribution < 1.29 is 9.13 Å². The number of hydrogen-bond donors (Lipinski definition) is 2. The van der Waals surface area contributed by atoms with Gasteiger partial charge >= 0.3 is 0 Å². The van der Waals surface area contributed by atoms with Gasteiger partial charge in [-0.15, -0.1) is 24.0 Å². The third-order valence-corrected chi connectivity index (χ3v) is 3.21. The van der Waals surface area contributed by atoms with Crippen LogP contribution < -0.4 is 10.6 Å². The minimum atomic E-state index is -0.187. The fourth-order valence-corrected chi connectivity index (χ4v) is 2.04. The number of aliphatic imine (C=N–C) groups is 1. The van der Waals surface area contributed by atoms with E-state index in [2.05, 4.69) is 29.5 Å². The maximum absolute atomic E-state index is 13.0. The van der Waals surface area contributed by atoms with Crippen molar-refractivity contribution in [1.29, 1.82) is 0 Å². The SMILES string of the molecule is CN=C(NCCOCC(C)C)NCCc1ccc(F)cc1C.I. The lowest BCUT2D eigenvalue weighted by molar-refractivity contribution is 0.114. The molecule has 0 heterocycles. The third kappa shape index (κ3) is 9.76. The predicted molar refractivity (Wildman–Crippen MR) is 105 cm³/mol. The van der Waals surface area contributed by atoms with E-state index < -0.39 is 0 Å². The van der Waals surface area contributed by atoms with Crippen LogP contribution in [0.4, 0.5) is 4.39 Å². The molecule has 0 aliphatic rings. The van der Waals surface area contributed by atoms with Gasteiger partial charge in [0.1, 0.15) is 5.82 Å². The Morgan fingerprint density at radius 2 is 1.96 bits per heavy atom. The number of aryl methyl sites for hydroxylation is 1. The molecule has 2 N–H and O–H groups in total. The molecule has 0 aliphatic carbocycles. The second-order valence-electron chi connectivity index (χ2n) is 5.72. The molecule has 0 unspecified atom stereocenters. The zero-order valence-corrected chi connectivity index (χ0v) is 16.8. The third-order valence-electron chi connectivity index (χ3n) is 3.21. The molecule has 0 spiro atoms. The van der Waals surface area contributed by atoms with E-state index in [-0.39, 0.29) is 29.8 Å². The van der Waals surface area contributed by atoms with E-state index in [1.54, 1.807) is 13.1 Å². The number of hydrogen-bond acceptors (Lipinski definition) is 2. The van der Waals surface area contributed by atoms with E-state index in [1.807, 2.05) is 13.0 Å². The number of nitrogens with zero attached hydrogens (tertiary/aromatic N) is 1. The van der Waals surface area contributed by atoms with E-state index in [0.717, 1.165) is 43.2 Å². The molecule has 0 radical (unpaired) electrons. The van der Waals surface area contributed by atoms with Crippen LogP contribution in [0.2, 0.25) is 0 Å². The molecule has 0 saturated heterocycles. The first-order valence-corrected chi connectivity index (χ1v) is 7.80. The Hall–Kier alpha value is -0.890. The summed E-state index contributed by atoms with van der Waals surface area (Å²) in [6.07, 6.45) is 0.830. The summed E-state index contributed by atoms with van der Waals surface area (Å²) in [5, 5.41) is 6.46. The quantitative estimate of drug-likeness (QED) is 0.284. The van der Waals surface area contributed by atoms with Crippen molar-refractivity contribution in [3.63, 3.8) is 0 Å². The lowest BCUT2D eigenvalue weighted by Gasteiger charge is -2.13. The van der Waals surface area contributed by atoms with E-state index in [9.17, 15) is 4.39 Å². The normalized spacial score (nSPS) is 11.3. The van der Waals surface area contributed by atoms with Gasteiger partial charge in [-0.2, -0.15) is 0 Å². The Morgan fingerprint density at radius 1 is 1.26 bits per heavy atom. The highest BCUT2D eigenvalue weighted by Crippen LogP contribution is 2.10. The van der Waals surface area contributed by atoms with Crippen LogP contribution in [0.3, 0.4) is 0 Å². The molecule has 1 aromatic rings. The topological polar surface area (TPSA) is 45.7 Å². The minimum absolute atomic E-state index is 0. The highest BCUT2D eigenvalue weighted by atomic mass is 127. The van der Waals surface area contributed by atoms with E-state index in [4.69, 9.17) is 4.74 Å². The summed E-state index contributed by atoms with van der Waals surface area (Å²) in [7, 11) is 1.74. The number of halogens is 2. The predicted octanol–water partition coefficient (Wildman–Crippen LogP) is 3.13. The van der Waals surface area contributed by atoms with Crippen LogP contribution >= 0.6 is 24.0 Å². The first-order chi connectivity index (χ1) is 10.5. The number of benzene rings is 1.